The molecule has 0 rings (SSSR count). The van der Waals surface area contributed by atoms with Crippen LogP contribution in [0, 0.1) is 0 Å². The molecule has 98 heavy (non-hydrogen) atoms. The first-order chi connectivity index (χ1) is 47.7. The van der Waals surface area contributed by atoms with Crippen LogP contribution in [0.15, 0.2) is 85.1 Å². The monoisotopic (exact) mass is 1420 g/mol. The average Bonchev–Trinajstić information content (AvgIpc) is 1.02. The molecule has 0 aliphatic rings. The fraction of sp³-hybridized carbons (Fsp3) is 0.772. The molecule has 0 aromatic rings. The molecule has 0 heterocycles. The van der Waals surface area contributed by atoms with Gasteiger partial charge in [0.1, 0.15) is 19.3 Å². The summed E-state index contributed by atoms with van der Waals surface area (Å²) in [5, 5.41) is 10.6. The summed E-state index contributed by atoms with van der Waals surface area (Å²) in [6.07, 6.45) is 72.9. The Hall–Kier alpha value is -3.76. The summed E-state index contributed by atoms with van der Waals surface area (Å²) in [5.41, 5.74) is 0. The van der Waals surface area contributed by atoms with Gasteiger partial charge in [-0.1, -0.05) is 273 Å². The van der Waals surface area contributed by atoms with E-state index in [1.165, 1.54) is 122 Å². The lowest BCUT2D eigenvalue weighted by atomic mass is 10.0. The Morgan fingerprint density at radius 3 is 0.847 bits per heavy atom. The van der Waals surface area contributed by atoms with E-state index in [-0.39, 0.29) is 25.7 Å². The molecule has 0 amide bonds. The Balaban J connectivity index is 5.40. The van der Waals surface area contributed by atoms with Gasteiger partial charge in [0.15, 0.2) is 12.2 Å². The van der Waals surface area contributed by atoms with Gasteiger partial charge in [-0.3, -0.25) is 37.3 Å². The molecule has 0 aromatic carbocycles. The second-order valence-corrected chi connectivity index (χ2v) is 28.9. The molecule has 3 N–H and O–H groups in total. The number of aliphatic hydroxyl groups is 1. The lowest BCUT2D eigenvalue weighted by Gasteiger charge is -2.21. The lowest BCUT2D eigenvalue weighted by molar-refractivity contribution is -0.161. The summed E-state index contributed by atoms with van der Waals surface area (Å²) >= 11 is 0. The van der Waals surface area contributed by atoms with Crippen molar-refractivity contribution in [2.45, 2.75) is 354 Å². The minimum atomic E-state index is -4.99. The summed E-state index contributed by atoms with van der Waals surface area (Å²) in [7, 11) is -9.96. The number of carbonyl (C=O) groups excluding carboxylic acids is 4. The summed E-state index contributed by atoms with van der Waals surface area (Å²) < 4.78 is 68.4. The van der Waals surface area contributed by atoms with Crippen LogP contribution in [0.25, 0.3) is 0 Å². The number of phosphoric acid groups is 2. The van der Waals surface area contributed by atoms with Crippen LogP contribution in [0.1, 0.15) is 336 Å². The molecule has 5 atom stereocenters. The van der Waals surface area contributed by atoms with Crippen LogP contribution in [0.3, 0.4) is 0 Å². The fourth-order valence-corrected chi connectivity index (χ4v) is 11.9. The number of unbranched alkanes of at least 4 members (excludes halogenated alkanes) is 33. The zero-order valence-corrected chi connectivity index (χ0v) is 63.7. The second-order valence-electron chi connectivity index (χ2n) is 25.9. The summed E-state index contributed by atoms with van der Waals surface area (Å²) in [5.74, 6) is -2.25. The highest BCUT2D eigenvalue weighted by molar-refractivity contribution is 7.47. The van der Waals surface area contributed by atoms with Crippen molar-refractivity contribution in [1.82, 2.24) is 0 Å². The molecule has 568 valence electrons. The maximum atomic E-state index is 13.1. The smallest absolute Gasteiger partial charge is 0.462 e. The fourth-order valence-electron chi connectivity index (χ4n) is 10.4. The van der Waals surface area contributed by atoms with Crippen molar-refractivity contribution in [1.29, 1.82) is 0 Å². The molecule has 0 bridgehead atoms. The van der Waals surface area contributed by atoms with Gasteiger partial charge in [0.2, 0.25) is 0 Å². The number of phosphoric ester groups is 2. The van der Waals surface area contributed by atoms with Crippen LogP contribution in [0.2, 0.25) is 0 Å². The normalized spacial score (nSPS) is 14.4. The zero-order chi connectivity index (χ0) is 71.8. The Morgan fingerprint density at radius 1 is 0.286 bits per heavy atom. The van der Waals surface area contributed by atoms with E-state index in [1.54, 1.807) is 0 Å². The number of esters is 4. The molecule has 0 fully saturated rings. The summed E-state index contributed by atoms with van der Waals surface area (Å²) in [4.78, 5) is 72.8. The number of hydrogen-bond donors (Lipinski definition) is 3. The van der Waals surface area contributed by atoms with E-state index < -0.39 is 97.5 Å². The number of rotatable bonds is 73. The number of carbonyl (C=O) groups is 4. The predicted molar refractivity (Wildman–Crippen MR) is 399 cm³/mol. The number of hydrogen-bond acceptors (Lipinski definition) is 15. The van der Waals surface area contributed by atoms with Crippen LogP contribution in [-0.2, 0) is 65.4 Å². The van der Waals surface area contributed by atoms with Crippen LogP contribution < -0.4 is 0 Å². The first kappa shape index (κ1) is 94.2. The molecule has 0 aromatic heterocycles. The van der Waals surface area contributed by atoms with Gasteiger partial charge in [0, 0.05) is 25.7 Å². The van der Waals surface area contributed by atoms with Gasteiger partial charge in [-0.2, -0.15) is 0 Å². The first-order valence-corrected chi connectivity index (χ1v) is 41.8. The van der Waals surface area contributed by atoms with Crippen molar-refractivity contribution >= 4 is 39.5 Å². The van der Waals surface area contributed by atoms with Crippen molar-refractivity contribution in [3.63, 3.8) is 0 Å². The highest BCUT2D eigenvalue weighted by Gasteiger charge is 2.30. The molecule has 17 nitrogen and oxygen atoms in total. The van der Waals surface area contributed by atoms with Crippen molar-refractivity contribution in [3.05, 3.63) is 85.1 Å². The third-order valence-electron chi connectivity index (χ3n) is 16.3. The van der Waals surface area contributed by atoms with Crippen molar-refractivity contribution in [2.24, 2.45) is 0 Å². The van der Waals surface area contributed by atoms with Gasteiger partial charge in [-0.05, 0) is 122 Å². The van der Waals surface area contributed by atoms with Crippen LogP contribution >= 0.6 is 15.6 Å². The van der Waals surface area contributed by atoms with E-state index in [2.05, 4.69) is 101 Å². The van der Waals surface area contributed by atoms with Crippen molar-refractivity contribution in [3.8, 4) is 0 Å². The maximum Gasteiger partial charge on any atom is 0.472 e. The van der Waals surface area contributed by atoms with Gasteiger partial charge in [0.25, 0.3) is 0 Å². The van der Waals surface area contributed by atoms with E-state index in [9.17, 15) is 43.2 Å². The van der Waals surface area contributed by atoms with E-state index in [0.29, 0.717) is 32.1 Å². The molecule has 0 aliphatic heterocycles. The number of aliphatic hydroxyl groups excluding tert-OH is 1. The number of ether oxygens (including phenoxy) is 4. The predicted octanol–water partition coefficient (Wildman–Crippen LogP) is 22.2. The number of allylic oxidation sites excluding steroid dienone is 14. The molecular formula is C79H140O17P2. The van der Waals surface area contributed by atoms with Gasteiger partial charge in [-0.25, -0.2) is 9.13 Å². The summed E-state index contributed by atoms with van der Waals surface area (Å²) in [6.45, 7) is 4.75. The molecular weight excluding hydrogens is 1280 g/mol. The Labute approximate surface area is 595 Å². The lowest BCUT2D eigenvalue weighted by Crippen LogP contribution is -2.30. The van der Waals surface area contributed by atoms with Gasteiger partial charge >= 0.3 is 39.5 Å². The molecule has 0 spiro atoms. The minimum Gasteiger partial charge on any atom is -0.462 e. The Kier molecular flexibility index (Phi) is 68.9. The van der Waals surface area contributed by atoms with E-state index >= 15 is 0 Å². The second kappa shape index (κ2) is 71.6. The molecule has 0 saturated carbocycles. The molecule has 3 unspecified atom stereocenters. The molecule has 0 aliphatic carbocycles. The third-order valence-corrected chi connectivity index (χ3v) is 18.2. The van der Waals surface area contributed by atoms with Crippen LogP contribution in [0.4, 0.5) is 0 Å². The minimum absolute atomic E-state index is 0.0171. The summed E-state index contributed by atoms with van der Waals surface area (Å²) in [6, 6.07) is 0. The zero-order valence-electron chi connectivity index (χ0n) is 62.0. The van der Waals surface area contributed by atoms with Crippen molar-refractivity contribution < 1.29 is 80.2 Å². The SMILES string of the molecule is CCCCC/C=C\C/C=C\C/C=C\C/C=C\CCCC(=O)O[C@H](COC(=O)CCCCCCC/C=C\C/C=C\CCCCC)COP(=O)(O)OCC(O)COP(=O)(O)OC[C@@H](COC(=O)CCCCCCCCCCCCCCC)OC(=O)CCCCCCC/C=C\CCCCCC. The van der Waals surface area contributed by atoms with E-state index in [1.807, 2.05) is 12.2 Å². The maximum absolute atomic E-state index is 13.1. The Morgan fingerprint density at radius 2 is 0.510 bits per heavy atom. The van der Waals surface area contributed by atoms with Gasteiger partial charge < -0.3 is 33.8 Å². The van der Waals surface area contributed by atoms with Gasteiger partial charge in [-0.15, -0.1) is 0 Å². The van der Waals surface area contributed by atoms with E-state index in [4.69, 9.17) is 37.0 Å². The van der Waals surface area contributed by atoms with E-state index in [0.717, 1.165) is 128 Å². The Bertz CT molecular complexity index is 2190. The standard InChI is InChI=1S/C79H140O17P2/c1-5-9-13-17-21-25-29-33-35-36-38-42-46-50-54-58-62-66-79(84)96-75(70-90-77(82)64-60-56-52-48-44-41-37-34-30-26-22-18-14-10-6-2)72-94-98(87,88)92-68-73(80)67-91-97(85,86)93-71-74(95-78(83)65-61-57-53-49-45-40-32-28-24-20-16-12-8-4)69-89-76(81)63-59-55-51-47-43-39-31-27-23-19-15-11-7-3/h21-22,25-26,28,32-35,37-38,42,50,54,73-75,80H,5-20,23-24,27,29-31,36,39-41,43-49,51-53,55-72H2,1-4H3,(H,85,86)(H,87,88)/b25-21-,26-22-,32-28-,35-33-,37-34-,42-38-,54-50-/t73?,74-,75-/m1/s1. The average molecular weight is 1420 g/mol. The highest BCUT2D eigenvalue weighted by atomic mass is 31.2. The van der Waals surface area contributed by atoms with Gasteiger partial charge in [0.05, 0.1) is 26.4 Å². The molecule has 19 heteroatoms. The van der Waals surface area contributed by atoms with Crippen molar-refractivity contribution in [2.75, 3.05) is 39.6 Å². The topological polar surface area (TPSA) is 237 Å². The third kappa shape index (κ3) is 70.7. The van der Waals surface area contributed by atoms with Crippen LogP contribution in [-0.4, -0.2) is 96.7 Å². The first-order valence-electron chi connectivity index (χ1n) is 38.8. The molecule has 0 radical (unpaired) electrons. The highest BCUT2D eigenvalue weighted by Crippen LogP contribution is 2.45. The molecule has 0 saturated heterocycles. The quantitative estimate of drug-likeness (QED) is 0.0169. The van der Waals surface area contributed by atoms with Crippen LogP contribution in [0.5, 0.6) is 0 Å². The largest absolute Gasteiger partial charge is 0.472 e.